The van der Waals surface area contributed by atoms with Gasteiger partial charge >= 0.3 is 12.1 Å². The number of hydrogen-bond donors (Lipinski definition) is 2. The molecule has 7 nitrogen and oxygen atoms in total. The maximum Gasteiger partial charge on any atom is 0.471 e. The minimum Gasteiger partial charge on any atom is -0.504 e. The number of anilines is 1. The number of carbonyl (C=O) groups excluding carboxylic acids is 1. The number of halogens is 4. The molecule has 0 bridgehead atoms. The molecule has 0 spiro atoms. The van der Waals surface area contributed by atoms with Crippen molar-refractivity contribution >= 4 is 27.7 Å². The summed E-state index contributed by atoms with van der Waals surface area (Å²) in [5, 5.41) is 15.4. The lowest BCUT2D eigenvalue weighted by Crippen LogP contribution is -2.13. The van der Waals surface area contributed by atoms with Gasteiger partial charge < -0.3 is 14.9 Å². The number of nitrogens with one attached hydrogen (secondary N) is 1. The van der Waals surface area contributed by atoms with Gasteiger partial charge in [-0.1, -0.05) is 17.3 Å². The average Bonchev–Trinajstić information content (AvgIpc) is 3.09. The molecule has 1 aromatic carbocycles. The monoisotopic (exact) mass is 428 g/mol. The van der Waals surface area contributed by atoms with E-state index in [9.17, 15) is 23.1 Å². The third-order valence-corrected chi connectivity index (χ3v) is 3.57. The number of rotatable bonds is 3. The molecule has 3 rings (SSSR count). The zero-order chi connectivity index (χ0) is 18.9. The fraction of sp³-hybridized carbons (Fsp3) is 0.0667. The highest BCUT2D eigenvalue weighted by molar-refractivity contribution is 9.10. The molecule has 26 heavy (non-hydrogen) atoms. The van der Waals surface area contributed by atoms with Gasteiger partial charge in [-0.05, 0) is 40.2 Å². The van der Waals surface area contributed by atoms with E-state index < -0.39 is 18.0 Å². The largest absolute Gasteiger partial charge is 0.504 e. The molecular formula is C15H8BrF3N4O3. The van der Waals surface area contributed by atoms with Gasteiger partial charge in [0.2, 0.25) is 5.82 Å². The highest BCUT2D eigenvalue weighted by Crippen LogP contribution is 2.29. The molecule has 0 atom stereocenters. The van der Waals surface area contributed by atoms with Crippen LogP contribution < -0.4 is 5.32 Å². The van der Waals surface area contributed by atoms with E-state index in [1.165, 1.54) is 36.4 Å². The van der Waals surface area contributed by atoms with E-state index in [1.54, 1.807) is 0 Å². The summed E-state index contributed by atoms with van der Waals surface area (Å²) in [6.07, 6.45) is -4.76. The molecule has 0 fully saturated rings. The summed E-state index contributed by atoms with van der Waals surface area (Å²) in [5.41, 5.74) is 0.255. The van der Waals surface area contributed by atoms with E-state index >= 15 is 0 Å². The molecular weight excluding hydrogens is 421 g/mol. The summed E-state index contributed by atoms with van der Waals surface area (Å²) < 4.78 is 42.2. The van der Waals surface area contributed by atoms with Crippen LogP contribution in [0.4, 0.5) is 19.0 Å². The summed E-state index contributed by atoms with van der Waals surface area (Å²) in [7, 11) is 0. The average molecular weight is 429 g/mol. The van der Waals surface area contributed by atoms with Crippen LogP contribution in [0, 0.1) is 0 Å². The molecule has 11 heteroatoms. The molecule has 0 aliphatic heterocycles. The molecule has 134 valence electrons. The van der Waals surface area contributed by atoms with Crippen molar-refractivity contribution in [2.24, 2.45) is 0 Å². The van der Waals surface area contributed by atoms with Gasteiger partial charge in [-0.25, -0.2) is 4.98 Å². The van der Waals surface area contributed by atoms with Crippen LogP contribution in [0.2, 0.25) is 0 Å². The first-order chi connectivity index (χ1) is 12.2. The molecule has 0 unspecified atom stereocenters. The third-order valence-electron chi connectivity index (χ3n) is 3.12. The van der Waals surface area contributed by atoms with E-state index in [0.29, 0.717) is 4.60 Å². The predicted octanol–water partition coefficient (Wildman–Crippen LogP) is 3.87. The number of hydrogen-bond acceptors (Lipinski definition) is 6. The molecule has 2 N–H and O–H groups in total. The second-order valence-corrected chi connectivity index (χ2v) is 5.77. The zero-order valence-electron chi connectivity index (χ0n) is 12.6. The Morgan fingerprint density at radius 1 is 1.19 bits per heavy atom. The molecule has 0 aliphatic rings. The number of amides is 1. The van der Waals surface area contributed by atoms with Crippen molar-refractivity contribution in [3.05, 3.63) is 52.5 Å². The summed E-state index contributed by atoms with van der Waals surface area (Å²) in [4.78, 5) is 19.5. The number of pyridine rings is 1. The van der Waals surface area contributed by atoms with Crippen LogP contribution >= 0.6 is 15.9 Å². The van der Waals surface area contributed by atoms with Crippen LogP contribution in [0.15, 0.2) is 45.5 Å². The Balaban J connectivity index is 1.86. The van der Waals surface area contributed by atoms with Crippen molar-refractivity contribution in [1.82, 2.24) is 15.1 Å². The highest BCUT2D eigenvalue weighted by atomic mass is 79.9. The summed E-state index contributed by atoms with van der Waals surface area (Å²) in [5.74, 6) is -2.74. The summed E-state index contributed by atoms with van der Waals surface area (Å²) in [6, 6.07) is 8.41. The van der Waals surface area contributed by atoms with Gasteiger partial charge in [-0.2, -0.15) is 18.2 Å². The van der Waals surface area contributed by atoms with Crippen molar-refractivity contribution in [2.75, 3.05) is 5.32 Å². The van der Waals surface area contributed by atoms with Crippen molar-refractivity contribution in [1.29, 1.82) is 0 Å². The predicted molar refractivity (Wildman–Crippen MR) is 86.3 cm³/mol. The smallest absolute Gasteiger partial charge is 0.471 e. The number of aromatic nitrogens is 3. The van der Waals surface area contributed by atoms with Crippen molar-refractivity contribution in [3.8, 4) is 17.1 Å². The van der Waals surface area contributed by atoms with Gasteiger partial charge in [-0.15, -0.1) is 0 Å². The lowest BCUT2D eigenvalue weighted by molar-refractivity contribution is -0.159. The van der Waals surface area contributed by atoms with Gasteiger partial charge in [0.1, 0.15) is 4.60 Å². The highest BCUT2D eigenvalue weighted by Gasteiger charge is 2.38. The van der Waals surface area contributed by atoms with Gasteiger partial charge in [0, 0.05) is 11.1 Å². The quantitative estimate of drug-likeness (QED) is 0.614. The fourth-order valence-electron chi connectivity index (χ4n) is 1.96. The normalized spacial score (nSPS) is 11.4. The molecule has 0 saturated heterocycles. The van der Waals surface area contributed by atoms with E-state index in [1.807, 2.05) is 0 Å². The van der Waals surface area contributed by atoms with E-state index in [0.717, 1.165) is 0 Å². The van der Waals surface area contributed by atoms with Crippen molar-refractivity contribution < 1.29 is 27.6 Å². The second kappa shape index (κ2) is 6.75. The van der Waals surface area contributed by atoms with Crippen LogP contribution in [0.3, 0.4) is 0 Å². The SMILES string of the molecule is O=C(Nc1nc(Br)ccc1O)c1cccc(-c2noc(C(F)(F)F)n2)c1. The Bertz CT molecular complexity index is 975. The first-order valence-electron chi connectivity index (χ1n) is 6.92. The van der Waals surface area contributed by atoms with Crippen LogP contribution in [-0.4, -0.2) is 26.1 Å². The molecule has 1 amide bonds. The van der Waals surface area contributed by atoms with E-state index in [2.05, 4.69) is 40.9 Å². The van der Waals surface area contributed by atoms with Crippen LogP contribution in [0.1, 0.15) is 16.2 Å². The fourth-order valence-corrected chi connectivity index (χ4v) is 2.26. The lowest BCUT2D eigenvalue weighted by atomic mass is 10.1. The molecule has 0 radical (unpaired) electrons. The van der Waals surface area contributed by atoms with E-state index in [4.69, 9.17) is 0 Å². The Morgan fingerprint density at radius 2 is 1.96 bits per heavy atom. The Labute approximate surface area is 152 Å². The molecule has 2 aromatic heterocycles. The Kier molecular flexibility index (Phi) is 4.64. The maximum atomic E-state index is 12.5. The number of alkyl halides is 3. The Morgan fingerprint density at radius 3 is 2.65 bits per heavy atom. The first-order valence-corrected chi connectivity index (χ1v) is 7.71. The number of aromatic hydroxyl groups is 1. The van der Waals surface area contributed by atoms with Crippen LogP contribution in [0.5, 0.6) is 5.75 Å². The third kappa shape index (κ3) is 3.82. The number of carbonyl (C=O) groups is 1. The molecule has 3 aromatic rings. The van der Waals surface area contributed by atoms with Crippen LogP contribution in [0.25, 0.3) is 11.4 Å². The molecule has 0 aliphatic carbocycles. The van der Waals surface area contributed by atoms with Gasteiger partial charge in [0.05, 0.1) is 0 Å². The first kappa shape index (κ1) is 17.9. The Hall–Kier alpha value is -2.95. The second-order valence-electron chi connectivity index (χ2n) is 4.96. The van der Waals surface area contributed by atoms with Crippen molar-refractivity contribution in [3.63, 3.8) is 0 Å². The lowest BCUT2D eigenvalue weighted by Gasteiger charge is -2.07. The summed E-state index contributed by atoms with van der Waals surface area (Å²) >= 11 is 3.11. The maximum absolute atomic E-state index is 12.5. The van der Waals surface area contributed by atoms with Gasteiger partial charge in [0.15, 0.2) is 11.6 Å². The molecule has 2 heterocycles. The topological polar surface area (TPSA) is 101 Å². The van der Waals surface area contributed by atoms with Crippen molar-refractivity contribution in [2.45, 2.75) is 6.18 Å². The van der Waals surface area contributed by atoms with Gasteiger partial charge in [-0.3, -0.25) is 4.79 Å². The standard InChI is InChI=1S/C15H8BrF3N4O3/c16-10-5-4-9(24)12(20-10)21-13(25)8-3-1-2-7(6-8)11-22-14(26-23-11)15(17,18)19/h1-6,24H,(H,20,21,25). The van der Waals surface area contributed by atoms with Gasteiger partial charge in [0.25, 0.3) is 5.91 Å². The van der Waals surface area contributed by atoms with Crippen LogP contribution in [-0.2, 0) is 6.18 Å². The summed E-state index contributed by atoms with van der Waals surface area (Å²) in [6.45, 7) is 0. The zero-order valence-corrected chi connectivity index (χ0v) is 14.2. The minimum atomic E-state index is -4.76. The van der Waals surface area contributed by atoms with E-state index in [-0.39, 0.29) is 28.5 Å². The minimum absolute atomic E-state index is 0.0753. The molecule has 0 saturated carbocycles. The number of benzene rings is 1. The number of nitrogens with zero attached hydrogens (tertiary/aromatic N) is 3.